The molecule has 5 fully saturated rings. The second-order valence-corrected chi connectivity index (χ2v) is 12.8. The molecule has 4 bridgehead atoms. The monoisotopic (exact) mass is 547 g/mol. The molecule has 1 aliphatic heterocycles. The molecule has 9 nitrogen and oxygen atoms in total. The van der Waals surface area contributed by atoms with E-state index in [4.69, 9.17) is 0 Å². The first-order valence-corrected chi connectivity index (χ1v) is 15.2. The van der Waals surface area contributed by atoms with Gasteiger partial charge in [0.15, 0.2) is 0 Å². The van der Waals surface area contributed by atoms with E-state index < -0.39 is 11.9 Å². The summed E-state index contributed by atoms with van der Waals surface area (Å²) >= 11 is 0. The fourth-order valence-electron chi connectivity index (χ4n) is 8.41. The van der Waals surface area contributed by atoms with Gasteiger partial charge in [0, 0.05) is 30.6 Å². The molecular formula is C31H41N5O4. The van der Waals surface area contributed by atoms with Gasteiger partial charge < -0.3 is 10.6 Å². The number of carbonyl (C=O) groups excluding carboxylic acids is 3. The summed E-state index contributed by atoms with van der Waals surface area (Å²) in [4.78, 5) is 55.0. The molecule has 2 aromatic rings. The molecule has 9 heteroatoms. The summed E-state index contributed by atoms with van der Waals surface area (Å²) in [6.45, 7) is 2.42. The van der Waals surface area contributed by atoms with Gasteiger partial charge in [-0.3, -0.25) is 29.1 Å². The van der Waals surface area contributed by atoms with E-state index in [1.807, 2.05) is 12.1 Å². The Morgan fingerprint density at radius 1 is 1.02 bits per heavy atom. The van der Waals surface area contributed by atoms with Gasteiger partial charge in [-0.15, -0.1) is 0 Å². The van der Waals surface area contributed by atoms with Gasteiger partial charge in [0.05, 0.1) is 10.9 Å². The SMILES string of the molecule is Cc1nc2cccc(NCCCCCCC(=O)NC34CC5CC(CC(C5)C3)C4)c2c(=O)n1C1CCC(=O)NC1=O. The highest BCUT2D eigenvalue weighted by Gasteiger charge is 2.51. The molecule has 4 aliphatic carbocycles. The summed E-state index contributed by atoms with van der Waals surface area (Å²) in [7, 11) is 0. The first-order valence-electron chi connectivity index (χ1n) is 15.2. The van der Waals surface area contributed by atoms with Crippen LogP contribution in [0.5, 0.6) is 0 Å². The van der Waals surface area contributed by atoms with E-state index in [1.54, 1.807) is 13.0 Å². The maximum absolute atomic E-state index is 13.5. The zero-order valence-corrected chi connectivity index (χ0v) is 23.5. The van der Waals surface area contributed by atoms with Gasteiger partial charge in [-0.1, -0.05) is 18.9 Å². The molecule has 4 saturated carbocycles. The number of rotatable bonds is 10. The summed E-state index contributed by atoms with van der Waals surface area (Å²) < 4.78 is 1.42. The Morgan fingerprint density at radius 3 is 2.42 bits per heavy atom. The molecule has 40 heavy (non-hydrogen) atoms. The minimum absolute atomic E-state index is 0.0956. The number of carbonyl (C=O) groups is 3. The maximum Gasteiger partial charge on any atom is 0.264 e. The molecule has 0 spiro atoms. The average molecular weight is 548 g/mol. The van der Waals surface area contributed by atoms with E-state index in [0.717, 1.165) is 43.4 Å². The van der Waals surface area contributed by atoms with Crippen LogP contribution >= 0.6 is 0 Å². The maximum atomic E-state index is 13.5. The topological polar surface area (TPSA) is 122 Å². The number of imide groups is 1. The van der Waals surface area contributed by atoms with E-state index in [-0.39, 0.29) is 35.8 Å². The highest BCUT2D eigenvalue weighted by atomic mass is 16.2. The lowest BCUT2D eigenvalue weighted by atomic mass is 9.53. The van der Waals surface area contributed by atoms with Crippen molar-refractivity contribution in [2.75, 3.05) is 11.9 Å². The molecule has 1 aromatic carbocycles. The smallest absolute Gasteiger partial charge is 0.264 e. The molecule has 1 aromatic heterocycles. The van der Waals surface area contributed by atoms with Crippen molar-refractivity contribution in [2.45, 2.75) is 102 Å². The van der Waals surface area contributed by atoms with Crippen molar-refractivity contribution < 1.29 is 14.4 Å². The summed E-state index contributed by atoms with van der Waals surface area (Å²) in [6, 6.07) is 4.80. The van der Waals surface area contributed by atoms with E-state index in [1.165, 1.54) is 43.1 Å². The number of aryl methyl sites for hydroxylation is 1. The number of anilines is 1. The molecule has 2 heterocycles. The second kappa shape index (κ2) is 11.0. The zero-order valence-electron chi connectivity index (χ0n) is 23.5. The van der Waals surface area contributed by atoms with Gasteiger partial charge >= 0.3 is 0 Å². The third kappa shape index (κ3) is 5.39. The molecule has 1 saturated heterocycles. The molecule has 1 unspecified atom stereocenters. The minimum Gasteiger partial charge on any atom is -0.384 e. The van der Waals surface area contributed by atoms with Gasteiger partial charge in [-0.05, 0) is 94.6 Å². The lowest BCUT2D eigenvalue weighted by molar-refractivity contribution is -0.136. The second-order valence-electron chi connectivity index (χ2n) is 12.8. The number of piperidine rings is 1. The van der Waals surface area contributed by atoms with E-state index >= 15 is 0 Å². The largest absolute Gasteiger partial charge is 0.384 e. The molecule has 5 aliphatic rings. The molecule has 7 rings (SSSR count). The minimum atomic E-state index is -0.740. The van der Waals surface area contributed by atoms with Gasteiger partial charge in [0.1, 0.15) is 11.9 Å². The zero-order chi connectivity index (χ0) is 27.9. The highest BCUT2D eigenvalue weighted by Crippen LogP contribution is 2.55. The van der Waals surface area contributed by atoms with Crippen LogP contribution in [-0.4, -0.2) is 39.4 Å². The van der Waals surface area contributed by atoms with Gasteiger partial charge in [-0.2, -0.15) is 0 Å². The van der Waals surface area contributed by atoms with Gasteiger partial charge in [0.25, 0.3) is 5.56 Å². The van der Waals surface area contributed by atoms with Crippen molar-refractivity contribution in [2.24, 2.45) is 17.8 Å². The number of hydrogen-bond donors (Lipinski definition) is 3. The third-order valence-corrected chi connectivity index (χ3v) is 9.72. The number of benzene rings is 1. The van der Waals surface area contributed by atoms with Crippen LogP contribution in [0.15, 0.2) is 23.0 Å². The number of nitrogens with zero attached hydrogens (tertiary/aromatic N) is 2. The Bertz CT molecular complexity index is 1350. The molecule has 3 N–H and O–H groups in total. The van der Waals surface area contributed by atoms with Crippen LogP contribution in [0.3, 0.4) is 0 Å². The normalized spacial score (nSPS) is 29.0. The Hall–Kier alpha value is -3.23. The standard InChI is InChI=1S/C31H41N5O4/c1-19-33-24-8-6-7-23(28(24)30(40)36(19)25-10-11-26(37)34-29(25)39)32-12-5-3-2-4-9-27(38)35-31-16-20-13-21(17-31)15-22(14-20)18-31/h6-8,20-22,25,32H,2-5,9-18H2,1H3,(H,35,38)(H,34,37,39). The summed E-state index contributed by atoms with van der Waals surface area (Å²) in [5.41, 5.74) is 1.11. The summed E-state index contributed by atoms with van der Waals surface area (Å²) in [6.07, 6.45) is 12.6. The van der Waals surface area contributed by atoms with E-state index in [0.29, 0.717) is 35.4 Å². The van der Waals surface area contributed by atoms with Crippen LogP contribution in [0.25, 0.3) is 10.9 Å². The van der Waals surface area contributed by atoms with Crippen molar-refractivity contribution in [1.29, 1.82) is 0 Å². The van der Waals surface area contributed by atoms with E-state index in [9.17, 15) is 19.2 Å². The van der Waals surface area contributed by atoms with Crippen molar-refractivity contribution in [3.05, 3.63) is 34.4 Å². The number of unbranched alkanes of at least 4 members (excludes halogenated alkanes) is 3. The van der Waals surface area contributed by atoms with E-state index in [2.05, 4.69) is 20.9 Å². The third-order valence-electron chi connectivity index (χ3n) is 9.72. The quantitative estimate of drug-likeness (QED) is 0.304. The lowest BCUT2D eigenvalue weighted by Gasteiger charge is -2.56. The predicted octanol–water partition coefficient (Wildman–Crippen LogP) is 4.13. The van der Waals surface area contributed by atoms with Crippen LogP contribution in [0, 0.1) is 24.7 Å². The Kier molecular flexibility index (Phi) is 7.40. The molecule has 3 amide bonds. The van der Waals surface area contributed by atoms with Crippen LogP contribution in [0.4, 0.5) is 5.69 Å². The number of aromatic nitrogens is 2. The molecule has 214 valence electrons. The number of amides is 3. The summed E-state index contributed by atoms with van der Waals surface area (Å²) in [5, 5.41) is 9.67. The first kappa shape index (κ1) is 27.0. The van der Waals surface area contributed by atoms with Crippen LogP contribution < -0.4 is 21.5 Å². The van der Waals surface area contributed by atoms with Gasteiger partial charge in [-0.25, -0.2) is 4.98 Å². The van der Waals surface area contributed by atoms with Crippen LogP contribution in [-0.2, 0) is 14.4 Å². The van der Waals surface area contributed by atoms with Crippen LogP contribution in [0.2, 0.25) is 0 Å². The Morgan fingerprint density at radius 2 is 1.73 bits per heavy atom. The Labute approximate surface area is 234 Å². The summed E-state index contributed by atoms with van der Waals surface area (Å²) in [5.74, 6) is 2.41. The molecule has 0 radical (unpaired) electrons. The van der Waals surface area contributed by atoms with Crippen molar-refractivity contribution in [1.82, 2.24) is 20.2 Å². The number of hydrogen-bond acceptors (Lipinski definition) is 6. The highest BCUT2D eigenvalue weighted by molar-refractivity contribution is 5.99. The van der Waals surface area contributed by atoms with Crippen molar-refractivity contribution in [3.63, 3.8) is 0 Å². The fourth-order valence-corrected chi connectivity index (χ4v) is 8.41. The van der Waals surface area contributed by atoms with Crippen molar-refractivity contribution >= 4 is 34.3 Å². The number of nitrogens with one attached hydrogen (secondary N) is 3. The number of fused-ring (bicyclic) bond motifs is 1. The average Bonchev–Trinajstić information content (AvgIpc) is 2.88. The Balaban J connectivity index is 0.990. The molecule has 1 atom stereocenters. The van der Waals surface area contributed by atoms with Crippen LogP contribution in [0.1, 0.15) is 95.3 Å². The first-order chi connectivity index (χ1) is 19.3. The molecular weight excluding hydrogens is 506 g/mol. The van der Waals surface area contributed by atoms with Gasteiger partial charge in [0.2, 0.25) is 17.7 Å². The van der Waals surface area contributed by atoms with Crippen molar-refractivity contribution in [3.8, 4) is 0 Å². The predicted molar refractivity (Wildman–Crippen MR) is 153 cm³/mol. The fraction of sp³-hybridized carbons (Fsp3) is 0.645. The lowest BCUT2D eigenvalue weighted by Crippen LogP contribution is -2.59.